The van der Waals surface area contributed by atoms with Crippen molar-refractivity contribution in [2.24, 2.45) is 11.8 Å². The van der Waals surface area contributed by atoms with Crippen LogP contribution in [-0.2, 0) is 63.4 Å². The Balaban J connectivity index is -0.000000194. The molecule has 122 heavy (non-hydrogen) atoms. The standard InChI is InChI=1S/C15H11ClO2.C9H17ClO2.C8H7ClO2.C7H4Cl2O2.C7H5ClO2.C5H9ClO2.C4H7ClO2.C4H5ClO2.C3H4BrClO2.2C3H4Cl2O2.C3H5ClO2.C3H3ClO2.C2H3ClO2/c16-15(17)18-9-14-12-7-3-1-5-10(12)11-6-2-4-8-13(11)14;1-3-5-6-8(4-2)7-12-9(10)11;9-8(10)11-6-7-4-2-1-3-5-7;8-5-1-3-6(4-2-5)11-7(9)10;8-7(9)10-6-4-2-1-3-5-6;1-4(2)3-8-5(6)7;2*1-2-3-7-4(5)6;4-1-2-7-3(5)6;1-2(4)7-3(5)6;4-1-2-7-3(5)6;2*1-2-6-3(4)5;1-5-2(3)4/h1-8,14H,9H2;8H,3-7H2,1-2H3;1-5H,6H2;1-4H;1-5H;4H,3H2,1-2H3;2-3H2,1H3;2H,1,3H2;1-2H2;2H,1H3;1-2H2;2H2,1H3;2H,1H2;1H3. The van der Waals surface area contributed by atoms with Crippen LogP contribution < -0.4 is 9.47 Å². The molecule has 0 saturated heterocycles. The van der Waals surface area contributed by atoms with Crippen molar-refractivity contribution in [3.8, 4) is 22.6 Å². The monoisotopic (exact) mass is 2120 g/mol. The normalized spacial score (nSPS) is 9.76. The third-order valence-corrected chi connectivity index (χ3v) is 13.4. The number of unbranched alkanes of at least 4 members (excludes halogenated alkanes) is 1. The predicted molar refractivity (Wildman–Crippen MR) is 483 cm³/mol. The Morgan fingerprint density at radius 3 is 1.11 bits per heavy atom. The summed E-state index contributed by atoms with van der Waals surface area (Å²) in [4.78, 5) is 138. The number of benzene rings is 5. The predicted octanol–water partition coefficient (Wildman–Crippen LogP) is 30.3. The average Bonchev–Trinajstić information content (AvgIpc) is 1.62. The van der Waals surface area contributed by atoms with Crippen LogP contribution in [0.15, 0.2) is 159 Å². The maximum absolute atomic E-state index is 10.8. The number of halogens is 18. The molecule has 0 N–H and O–H groups in total. The van der Waals surface area contributed by atoms with Crippen molar-refractivity contribution < 1.29 is 133 Å². The first kappa shape index (κ1) is 131. The molecule has 0 bridgehead atoms. The topological polar surface area (TPSA) is 368 Å². The number of carbonyl (C=O) groups excluding carboxylic acids is 14. The molecule has 5 aromatic rings. The minimum Gasteiger partial charge on any atom is -0.457 e. The van der Waals surface area contributed by atoms with Crippen molar-refractivity contribution >= 4 is 289 Å². The average molecular weight is 2130 g/mol. The molecule has 1 aliphatic rings. The molecular formula is C76H88BrCl17O28. The third-order valence-electron chi connectivity index (χ3n) is 11.1. The second-order valence-electron chi connectivity index (χ2n) is 20.6. The highest BCUT2D eigenvalue weighted by molar-refractivity contribution is 9.09. The smallest absolute Gasteiger partial charge is 0.409 e. The molecule has 46 heteroatoms. The first-order chi connectivity index (χ1) is 57.4. The SMILES string of the molecule is C=CCOC(=O)Cl.C=COC(=O)Cl.CC(C)COC(=O)Cl.CC(Cl)OC(=O)Cl.CCCCC(CC)COC(=O)Cl.CCCOC(=O)Cl.CCOC(=O)Cl.COC(=O)Cl.O=C(Cl)OCC1c2ccccc2-c2ccccc21.O=C(Cl)OCCBr.O=C(Cl)OCCCl.O=C(Cl)OCc1ccccc1.O=C(Cl)Oc1ccc(Cl)cc1.O=C(Cl)Oc1ccccc1. The first-order valence-corrected chi connectivity index (χ1v) is 41.8. The van der Waals surface area contributed by atoms with Gasteiger partial charge in [-0.05, 0) is 103 Å². The van der Waals surface area contributed by atoms with Crippen LogP contribution in [0.1, 0.15) is 103 Å². The highest BCUT2D eigenvalue weighted by Gasteiger charge is 2.29. The van der Waals surface area contributed by atoms with Crippen LogP contribution in [0.3, 0.4) is 0 Å². The lowest BCUT2D eigenvalue weighted by molar-refractivity contribution is 0.146. The van der Waals surface area contributed by atoms with Gasteiger partial charge in [-0.25, -0.2) is 67.1 Å². The number of carbonyl (C=O) groups is 14. The minimum absolute atomic E-state index is 0.0834. The molecule has 0 radical (unpaired) electrons. The summed E-state index contributed by atoms with van der Waals surface area (Å²) in [5.41, 5.74) is -5.81. The molecule has 5 aromatic carbocycles. The summed E-state index contributed by atoms with van der Waals surface area (Å²) >= 11 is 86.7. The summed E-state index contributed by atoms with van der Waals surface area (Å²) < 4.78 is 60.8. The van der Waals surface area contributed by atoms with Crippen molar-refractivity contribution in [1.29, 1.82) is 0 Å². The van der Waals surface area contributed by atoms with Gasteiger partial charge in [0.15, 0.2) is 5.56 Å². The molecule has 2 atom stereocenters. The number of para-hydroxylation sites is 1. The molecule has 0 fully saturated rings. The number of hydrogen-bond donors (Lipinski definition) is 0. The Bertz CT molecular complexity index is 3590. The van der Waals surface area contributed by atoms with Crippen LogP contribution in [0.4, 0.5) is 67.1 Å². The lowest BCUT2D eigenvalue weighted by Gasteiger charge is -2.12. The van der Waals surface area contributed by atoms with E-state index in [2.05, 4.69) is 147 Å². The summed E-state index contributed by atoms with van der Waals surface area (Å²) in [5.74, 6) is 2.06. The maximum Gasteiger partial charge on any atom is 0.409 e. The van der Waals surface area contributed by atoms with Crippen molar-refractivity contribution in [2.45, 2.75) is 98.7 Å². The summed E-state index contributed by atoms with van der Waals surface area (Å²) in [6.45, 7) is 22.5. The number of rotatable bonds is 25. The van der Waals surface area contributed by atoms with Gasteiger partial charge < -0.3 is 66.3 Å². The second kappa shape index (κ2) is 93.7. The van der Waals surface area contributed by atoms with E-state index >= 15 is 0 Å². The van der Waals surface area contributed by atoms with Crippen molar-refractivity contribution in [3.05, 3.63) is 181 Å². The molecule has 0 amide bonds. The highest BCUT2D eigenvalue weighted by atomic mass is 79.9. The number of methoxy groups -OCH3 is 1. The summed E-state index contributed by atoms with van der Waals surface area (Å²) in [6, 6.07) is 40.7. The zero-order chi connectivity index (χ0) is 95.2. The lowest BCUT2D eigenvalue weighted by Crippen LogP contribution is -2.09. The van der Waals surface area contributed by atoms with E-state index < -0.39 is 81.6 Å². The molecule has 0 saturated carbocycles. The van der Waals surface area contributed by atoms with Crippen LogP contribution >= 0.6 is 213 Å². The van der Waals surface area contributed by atoms with E-state index in [1.54, 1.807) is 55.5 Å². The number of fused-ring (bicyclic) bond motifs is 3. The van der Waals surface area contributed by atoms with Gasteiger partial charge in [-0.2, -0.15) is 0 Å². The molecule has 1 aliphatic carbocycles. The van der Waals surface area contributed by atoms with Crippen molar-refractivity contribution in [3.63, 3.8) is 0 Å². The van der Waals surface area contributed by atoms with Gasteiger partial charge in [-0.3, -0.25) is 0 Å². The Labute approximate surface area is 800 Å². The van der Waals surface area contributed by atoms with E-state index in [1.165, 1.54) is 55.2 Å². The third kappa shape index (κ3) is 108. The zero-order valence-corrected chi connectivity index (χ0v) is 80.6. The van der Waals surface area contributed by atoms with Crippen LogP contribution in [-0.4, -0.2) is 153 Å². The Kier molecular flexibility index (Phi) is 101. The molecule has 2 unspecified atom stereocenters. The highest BCUT2D eigenvalue weighted by Crippen LogP contribution is 2.44. The van der Waals surface area contributed by atoms with Gasteiger partial charge in [0.1, 0.15) is 44.5 Å². The number of hydrogen-bond acceptors (Lipinski definition) is 28. The van der Waals surface area contributed by atoms with Crippen molar-refractivity contribution in [2.75, 3.05) is 71.2 Å². The van der Waals surface area contributed by atoms with Gasteiger partial charge >= 0.3 is 76.0 Å². The maximum atomic E-state index is 10.8. The van der Waals surface area contributed by atoms with Crippen LogP contribution in [0.25, 0.3) is 11.1 Å². The Hall–Kier alpha value is -6.43. The van der Waals surface area contributed by atoms with Crippen LogP contribution in [0.2, 0.25) is 5.02 Å². The van der Waals surface area contributed by atoms with Gasteiger partial charge in [-0.15, -0.1) is 11.6 Å². The van der Waals surface area contributed by atoms with E-state index in [-0.39, 0.29) is 32.3 Å². The molecule has 0 aliphatic heterocycles. The molecule has 0 heterocycles. The summed E-state index contributed by atoms with van der Waals surface area (Å²) in [5, 5.41) is 1.21. The Morgan fingerprint density at radius 2 is 0.844 bits per heavy atom. The Morgan fingerprint density at radius 1 is 0.443 bits per heavy atom. The molecule has 0 aromatic heterocycles. The molecule has 686 valence electrons. The van der Waals surface area contributed by atoms with Crippen LogP contribution in [0, 0.1) is 11.8 Å². The largest absolute Gasteiger partial charge is 0.457 e. The zero-order valence-electron chi connectivity index (χ0n) is 66.1. The number of ether oxygens (including phenoxy) is 14. The van der Waals surface area contributed by atoms with Gasteiger partial charge in [0.25, 0.3) is 0 Å². The number of alkyl halides is 3. The quantitative estimate of drug-likeness (QED) is 0.0172. The minimum atomic E-state index is -0.873. The van der Waals surface area contributed by atoms with E-state index in [4.69, 9.17) is 183 Å². The lowest BCUT2D eigenvalue weighted by atomic mass is 9.98. The summed E-state index contributed by atoms with van der Waals surface area (Å²) in [7, 11) is 1.22. The molecular weight excluding hydrogens is 2040 g/mol. The van der Waals surface area contributed by atoms with Gasteiger partial charge in [0.2, 0.25) is 0 Å². The van der Waals surface area contributed by atoms with E-state index in [9.17, 15) is 67.1 Å². The first-order valence-electron chi connectivity index (χ1n) is 34.0. The fraction of sp³-hybridized carbons (Fsp3) is 0.368. The van der Waals surface area contributed by atoms with Gasteiger partial charge in [-0.1, -0.05) is 209 Å². The summed E-state index contributed by atoms with van der Waals surface area (Å²) in [6.07, 6.45) is 7.78. The van der Waals surface area contributed by atoms with E-state index in [0.29, 0.717) is 72.6 Å². The van der Waals surface area contributed by atoms with Gasteiger partial charge in [0, 0.05) is 179 Å². The molecule has 0 spiro atoms. The van der Waals surface area contributed by atoms with E-state index in [1.807, 2.05) is 81.4 Å². The fourth-order valence-corrected chi connectivity index (χ4v) is 8.16. The van der Waals surface area contributed by atoms with E-state index in [0.717, 1.165) is 31.1 Å². The molecule has 6 rings (SSSR count). The second-order valence-corrected chi connectivity index (χ2v) is 27.2. The van der Waals surface area contributed by atoms with Crippen LogP contribution in [0.5, 0.6) is 11.5 Å². The molecule has 28 nitrogen and oxygen atoms in total. The van der Waals surface area contributed by atoms with Gasteiger partial charge in [0.05, 0.1) is 45.7 Å². The van der Waals surface area contributed by atoms with Crippen molar-refractivity contribution in [1.82, 2.24) is 0 Å². The fourth-order valence-electron chi connectivity index (χ4n) is 6.64.